The number of halogens is 1. The van der Waals surface area contributed by atoms with E-state index in [1.807, 2.05) is 24.3 Å². The lowest BCUT2D eigenvalue weighted by Crippen LogP contribution is -2.21. The zero-order valence-corrected chi connectivity index (χ0v) is 17.0. The Bertz CT molecular complexity index is 1170. The van der Waals surface area contributed by atoms with Crippen LogP contribution in [0.4, 0.5) is 25.4 Å². The number of carbonyl (C=O) groups excluding carboxylic acids is 3. The van der Waals surface area contributed by atoms with E-state index in [-0.39, 0.29) is 12.2 Å². The molecule has 1 fully saturated rings. The first-order chi connectivity index (χ1) is 15.4. The lowest BCUT2D eigenvalue weighted by Gasteiger charge is -2.08. The number of fused-ring (bicyclic) bond motifs is 1. The number of nitrogens with zero attached hydrogens (tertiary/aromatic N) is 1. The summed E-state index contributed by atoms with van der Waals surface area (Å²) >= 11 is 0. The molecule has 4 N–H and O–H groups in total. The van der Waals surface area contributed by atoms with E-state index in [1.54, 1.807) is 0 Å². The molecular weight excluding hydrogens is 419 g/mol. The van der Waals surface area contributed by atoms with Crippen molar-refractivity contribution in [1.29, 1.82) is 0 Å². The minimum atomic E-state index is -0.879. The molecule has 2 aromatic carbocycles. The number of nitrogens with two attached hydrogens (primary N) is 1. The maximum absolute atomic E-state index is 13.8. The van der Waals surface area contributed by atoms with E-state index in [2.05, 4.69) is 15.4 Å². The number of esters is 1. The first-order valence-corrected chi connectivity index (χ1v) is 9.96. The molecular formula is C22H21FN4O5. The second kappa shape index (κ2) is 9.06. The van der Waals surface area contributed by atoms with Gasteiger partial charge < -0.3 is 25.8 Å². The molecule has 4 rings (SSSR count). The average molecular weight is 440 g/mol. The summed E-state index contributed by atoms with van der Waals surface area (Å²) in [5.41, 5.74) is 7.45. The third-order valence-electron chi connectivity index (χ3n) is 5.00. The summed E-state index contributed by atoms with van der Waals surface area (Å²) in [7, 11) is 0. The van der Waals surface area contributed by atoms with E-state index in [9.17, 15) is 18.8 Å². The molecule has 2 amide bonds. The van der Waals surface area contributed by atoms with Gasteiger partial charge in [-0.2, -0.15) is 0 Å². The van der Waals surface area contributed by atoms with Gasteiger partial charge in [-0.15, -0.1) is 0 Å². The molecule has 32 heavy (non-hydrogen) atoms. The molecule has 0 saturated heterocycles. The molecule has 0 spiro atoms. The number of aromatic nitrogens is 1. The fraction of sp³-hybridized carbons (Fsp3) is 0.227. The average Bonchev–Trinajstić information content (AvgIpc) is 3.57. The summed E-state index contributed by atoms with van der Waals surface area (Å²) in [6, 6.07) is 10.8. The van der Waals surface area contributed by atoms with Crippen molar-refractivity contribution in [2.24, 2.45) is 5.73 Å². The van der Waals surface area contributed by atoms with E-state index < -0.39 is 30.7 Å². The molecule has 1 aliphatic carbocycles. The third kappa shape index (κ3) is 4.86. The zero-order chi connectivity index (χ0) is 22.7. The standard InChI is InChI=1S/C22H21FN4O5/c23-15-5-8-19-17(9-15)18(11-27(19)22(30)32-12-31-20(28)10-24)26-21(29)25-16-6-3-14(4-7-16)13-1-2-13/h3-9,11,13H,1-2,10,12,24H2,(H2,25,26,29). The van der Waals surface area contributed by atoms with Crippen molar-refractivity contribution in [3.8, 4) is 0 Å². The summed E-state index contributed by atoms with van der Waals surface area (Å²) in [6.45, 7) is -0.981. The van der Waals surface area contributed by atoms with Gasteiger partial charge in [0.15, 0.2) is 0 Å². The molecule has 9 nitrogen and oxygen atoms in total. The Balaban J connectivity index is 1.48. The number of ether oxygens (including phenoxy) is 2. The number of amides is 2. The van der Waals surface area contributed by atoms with Gasteiger partial charge in [-0.1, -0.05) is 12.1 Å². The van der Waals surface area contributed by atoms with Crippen LogP contribution in [0, 0.1) is 5.82 Å². The van der Waals surface area contributed by atoms with Crippen molar-refractivity contribution in [3.63, 3.8) is 0 Å². The Kier molecular flexibility index (Phi) is 6.04. The summed E-state index contributed by atoms with van der Waals surface area (Å²) in [5.74, 6) is -0.668. The second-order valence-electron chi connectivity index (χ2n) is 7.30. The van der Waals surface area contributed by atoms with Gasteiger partial charge in [0.05, 0.1) is 17.7 Å². The zero-order valence-electron chi connectivity index (χ0n) is 17.0. The first-order valence-electron chi connectivity index (χ1n) is 9.96. The molecule has 0 aliphatic heterocycles. The largest absolute Gasteiger partial charge is 0.427 e. The highest BCUT2D eigenvalue weighted by Crippen LogP contribution is 2.40. The molecule has 166 valence electrons. The van der Waals surface area contributed by atoms with Gasteiger partial charge >= 0.3 is 18.1 Å². The highest BCUT2D eigenvalue weighted by atomic mass is 19.1. The SMILES string of the molecule is NCC(=O)OCOC(=O)n1cc(NC(=O)Nc2ccc(C3CC3)cc2)c2cc(F)ccc21. The van der Waals surface area contributed by atoms with Gasteiger partial charge in [-0.3, -0.25) is 9.36 Å². The predicted molar refractivity (Wildman–Crippen MR) is 115 cm³/mol. The Morgan fingerprint density at radius 3 is 2.50 bits per heavy atom. The van der Waals surface area contributed by atoms with Crippen molar-refractivity contribution >= 4 is 40.4 Å². The molecule has 10 heteroatoms. The minimum absolute atomic E-state index is 0.197. The number of benzene rings is 2. The van der Waals surface area contributed by atoms with E-state index in [1.165, 1.54) is 42.8 Å². The van der Waals surface area contributed by atoms with Gasteiger partial charge in [0, 0.05) is 17.3 Å². The predicted octanol–water partition coefficient (Wildman–Crippen LogP) is 3.75. The second-order valence-corrected chi connectivity index (χ2v) is 7.30. The van der Waals surface area contributed by atoms with Crippen LogP contribution in [0.2, 0.25) is 0 Å². The van der Waals surface area contributed by atoms with Gasteiger partial charge in [0.1, 0.15) is 5.82 Å². The van der Waals surface area contributed by atoms with Crippen LogP contribution in [0.25, 0.3) is 10.9 Å². The van der Waals surface area contributed by atoms with E-state index in [4.69, 9.17) is 10.5 Å². The van der Waals surface area contributed by atoms with Crippen LogP contribution < -0.4 is 16.4 Å². The van der Waals surface area contributed by atoms with Gasteiger partial charge in [0.25, 0.3) is 0 Å². The molecule has 1 aromatic heterocycles. The summed E-state index contributed by atoms with van der Waals surface area (Å²) in [4.78, 5) is 36.0. The number of carbonyl (C=O) groups is 3. The number of anilines is 2. The lowest BCUT2D eigenvalue weighted by molar-refractivity contribution is -0.149. The molecule has 1 heterocycles. The van der Waals surface area contributed by atoms with Crippen molar-refractivity contribution in [1.82, 2.24) is 4.57 Å². The van der Waals surface area contributed by atoms with Gasteiger partial charge in [-0.05, 0) is 54.7 Å². The first kappa shape index (κ1) is 21.3. The van der Waals surface area contributed by atoms with Crippen LogP contribution in [0.3, 0.4) is 0 Å². The smallest absolute Gasteiger partial charge is 0.421 e. The molecule has 0 atom stereocenters. The van der Waals surface area contributed by atoms with Crippen LogP contribution in [-0.4, -0.2) is 36.0 Å². The van der Waals surface area contributed by atoms with Crippen molar-refractivity contribution in [3.05, 3.63) is 60.0 Å². The Morgan fingerprint density at radius 2 is 1.81 bits per heavy atom. The number of urea groups is 1. The Morgan fingerprint density at radius 1 is 1.06 bits per heavy atom. The van der Waals surface area contributed by atoms with E-state index in [0.29, 0.717) is 22.5 Å². The maximum atomic E-state index is 13.8. The Hall–Kier alpha value is -3.92. The number of nitrogens with one attached hydrogen (secondary N) is 2. The van der Waals surface area contributed by atoms with E-state index >= 15 is 0 Å². The molecule has 3 aromatic rings. The summed E-state index contributed by atoms with van der Waals surface area (Å²) in [6.07, 6.45) is 2.79. The highest BCUT2D eigenvalue weighted by Gasteiger charge is 2.23. The van der Waals surface area contributed by atoms with Crippen LogP contribution in [-0.2, 0) is 14.3 Å². The van der Waals surface area contributed by atoms with Crippen molar-refractivity contribution in [2.75, 3.05) is 24.0 Å². The van der Waals surface area contributed by atoms with Crippen molar-refractivity contribution in [2.45, 2.75) is 18.8 Å². The lowest BCUT2D eigenvalue weighted by atomic mass is 10.1. The molecule has 0 radical (unpaired) electrons. The monoisotopic (exact) mass is 440 g/mol. The normalized spacial score (nSPS) is 12.9. The van der Waals surface area contributed by atoms with Crippen LogP contribution in [0.5, 0.6) is 0 Å². The fourth-order valence-electron chi connectivity index (χ4n) is 3.27. The molecule has 0 bridgehead atoms. The minimum Gasteiger partial charge on any atom is -0.427 e. The highest BCUT2D eigenvalue weighted by molar-refractivity contribution is 6.07. The number of rotatable bonds is 6. The van der Waals surface area contributed by atoms with Crippen LogP contribution in [0.1, 0.15) is 24.3 Å². The number of hydrogen-bond donors (Lipinski definition) is 3. The number of hydrogen-bond acceptors (Lipinski definition) is 6. The topological polar surface area (TPSA) is 125 Å². The van der Waals surface area contributed by atoms with Crippen LogP contribution in [0.15, 0.2) is 48.7 Å². The molecule has 1 saturated carbocycles. The Labute approximate surface area is 182 Å². The molecule has 1 aliphatic rings. The van der Waals surface area contributed by atoms with E-state index in [0.717, 1.165) is 4.57 Å². The van der Waals surface area contributed by atoms with Crippen molar-refractivity contribution < 1.29 is 28.2 Å². The summed E-state index contributed by atoms with van der Waals surface area (Å²) < 4.78 is 24.4. The van der Waals surface area contributed by atoms with Gasteiger partial charge in [0.2, 0.25) is 6.79 Å². The van der Waals surface area contributed by atoms with Crippen LogP contribution >= 0.6 is 0 Å². The fourth-order valence-corrected chi connectivity index (χ4v) is 3.27. The van der Waals surface area contributed by atoms with Gasteiger partial charge in [-0.25, -0.2) is 14.0 Å². The summed E-state index contributed by atoms with van der Waals surface area (Å²) in [5, 5.41) is 5.62. The maximum Gasteiger partial charge on any atom is 0.421 e. The third-order valence-corrected chi connectivity index (χ3v) is 5.00. The quantitative estimate of drug-likeness (QED) is 0.396. The molecule has 0 unspecified atom stereocenters.